The number of phosphoric acid groups is 1. The number of hydrogen-bond acceptors (Lipinski definition) is 10. The molecule has 4 N–H and O–H groups in total. The smallest absolute Gasteiger partial charge is 0.462 e. The van der Waals surface area contributed by atoms with Gasteiger partial charge in [0.05, 0.1) is 25.9 Å². The molecule has 0 fully saturated rings. The highest BCUT2D eigenvalue weighted by Gasteiger charge is 2.27. The van der Waals surface area contributed by atoms with E-state index in [1.807, 2.05) is 19.1 Å². The number of allylic oxidation sites excluding steroid dienone is 8. The maximum atomic E-state index is 12.6. The quantitative estimate of drug-likeness (QED) is 0.0201. The standard InChI is InChI=1S/C44H79O11P/c1-3-4-5-6-7-8-9-10-12-16-19-22-25-28-31-34-43(48)52-38-42(39-54-56(50,51)53-37-41(47)36-45)55-44(49)35-32-29-26-23-20-17-14-11-13-15-18-21-24-27-30-33-40(2)46/h13-15,17,21,23-24,26,40-42,45-47H,3-12,16,18-20,22,25,27-39H2,1-2H3,(H,50,51)/b15-13-,17-14-,24-21-,26-23-/t40-,41-,42+/m0/s1. The molecule has 0 saturated carbocycles. The number of ether oxygens (including phenoxy) is 2. The molecule has 326 valence electrons. The van der Waals surface area contributed by atoms with Gasteiger partial charge in [-0.15, -0.1) is 0 Å². The second-order valence-electron chi connectivity index (χ2n) is 14.7. The molecule has 0 amide bonds. The molecule has 0 aliphatic heterocycles. The molecule has 0 aliphatic rings. The van der Waals surface area contributed by atoms with E-state index >= 15 is 0 Å². The van der Waals surface area contributed by atoms with Crippen LogP contribution in [0.5, 0.6) is 0 Å². The Morgan fingerprint density at radius 3 is 1.54 bits per heavy atom. The normalized spacial score (nSPS) is 14.9. The van der Waals surface area contributed by atoms with Crippen molar-refractivity contribution in [3.8, 4) is 0 Å². The van der Waals surface area contributed by atoms with Crippen LogP contribution in [-0.4, -0.2) is 76.9 Å². The fourth-order valence-corrected chi connectivity index (χ4v) is 6.44. The minimum Gasteiger partial charge on any atom is -0.462 e. The van der Waals surface area contributed by atoms with Gasteiger partial charge in [-0.05, 0) is 64.7 Å². The van der Waals surface area contributed by atoms with E-state index < -0.39 is 51.8 Å². The highest BCUT2D eigenvalue weighted by Crippen LogP contribution is 2.43. The Balaban J connectivity index is 4.39. The van der Waals surface area contributed by atoms with Gasteiger partial charge in [-0.25, -0.2) is 4.57 Å². The second-order valence-corrected chi connectivity index (χ2v) is 16.1. The Morgan fingerprint density at radius 1 is 0.589 bits per heavy atom. The highest BCUT2D eigenvalue weighted by atomic mass is 31.2. The Bertz CT molecular complexity index is 1090. The lowest BCUT2D eigenvalue weighted by Gasteiger charge is -2.20. The summed E-state index contributed by atoms with van der Waals surface area (Å²) >= 11 is 0. The summed E-state index contributed by atoms with van der Waals surface area (Å²) in [5, 5.41) is 27.6. The van der Waals surface area contributed by atoms with Crippen LogP contribution in [0.4, 0.5) is 0 Å². The molecular weight excluding hydrogens is 735 g/mol. The summed E-state index contributed by atoms with van der Waals surface area (Å²) in [5.74, 6) is -1.00. The van der Waals surface area contributed by atoms with E-state index in [9.17, 15) is 29.3 Å². The van der Waals surface area contributed by atoms with E-state index in [0.29, 0.717) is 19.3 Å². The lowest BCUT2D eigenvalue weighted by Crippen LogP contribution is -2.29. The Morgan fingerprint density at radius 2 is 1.04 bits per heavy atom. The van der Waals surface area contributed by atoms with Crippen LogP contribution in [0.3, 0.4) is 0 Å². The van der Waals surface area contributed by atoms with E-state index in [4.69, 9.17) is 19.1 Å². The zero-order valence-electron chi connectivity index (χ0n) is 35.0. The molecule has 11 nitrogen and oxygen atoms in total. The first-order valence-corrected chi connectivity index (χ1v) is 23.1. The van der Waals surface area contributed by atoms with Crippen LogP contribution < -0.4 is 0 Å². The van der Waals surface area contributed by atoms with Crippen molar-refractivity contribution in [2.24, 2.45) is 0 Å². The van der Waals surface area contributed by atoms with Crippen molar-refractivity contribution in [3.05, 3.63) is 48.6 Å². The molecule has 0 aromatic heterocycles. The topological polar surface area (TPSA) is 169 Å². The Kier molecular flexibility index (Phi) is 38.2. The van der Waals surface area contributed by atoms with Crippen LogP contribution in [0, 0.1) is 0 Å². The molecular formula is C44H79O11P. The number of phosphoric ester groups is 1. The molecule has 0 aromatic carbocycles. The first-order valence-electron chi connectivity index (χ1n) is 21.6. The first kappa shape index (κ1) is 53.9. The molecule has 0 aliphatic carbocycles. The van der Waals surface area contributed by atoms with Crippen LogP contribution in [0.25, 0.3) is 0 Å². The molecule has 56 heavy (non-hydrogen) atoms. The van der Waals surface area contributed by atoms with Gasteiger partial charge in [-0.3, -0.25) is 18.6 Å². The molecule has 0 bridgehead atoms. The summed E-state index contributed by atoms with van der Waals surface area (Å²) in [4.78, 5) is 34.9. The highest BCUT2D eigenvalue weighted by molar-refractivity contribution is 7.47. The number of aliphatic hydroxyl groups is 3. The van der Waals surface area contributed by atoms with Crippen LogP contribution in [0.15, 0.2) is 48.6 Å². The fourth-order valence-electron chi connectivity index (χ4n) is 5.65. The zero-order chi connectivity index (χ0) is 41.4. The van der Waals surface area contributed by atoms with Gasteiger partial charge in [-0.1, -0.05) is 145 Å². The van der Waals surface area contributed by atoms with E-state index in [1.165, 1.54) is 70.6 Å². The summed E-state index contributed by atoms with van der Waals surface area (Å²) in [5.41, 5.74) is 0. The van der Waals surface area contributed by atoms with Gasteiger partial charge in [0, 0.05) is 12.8 Å². The first-order chi connectivity index (χ1) is 27.1. The predicted molar refractivity (Wildman–Crippen MR) is 225 cm³/mol. The lowest BCUT2D eigenvalue weighted by molar-refractivity contribution is -0.161. The monoisotopic (exact) mass is 815 g/mol. The van der Waals surface area contributed by atoms with Gasteiger partial charge < -0.3 is 29.7 Å². The van der Waals surface area contributed by atoms with Gasteiger partial charge in [-0.2, -0.15) is 0 Å². The van der Waals surface area contributed by atoms with Gasteiger partial charge in [0.15, 0.2) is 6.10 Å². The molecule has 4 atom stereocenters. The fraction of sp³-hybridized carbons (Fsp3) is 0.773. The Labute approximate surface area is 339 Å². The van der Waals surface area contributed by atoms with Crippen molar-refractivity contribution in [3.63, 3.8) is 0 Å². The van der Waals surface area contributed by atoms with Gasteiger partial charge in [0.1, 0.15) is 12.7 Å². The van der Waals surface area contributed by atoms with E-state index in [2.05, 4.69) is 47.9 Å². The summed E-state index contributed by atoms with van der Waals surface area (Å²) in [6.07, 6.45) is 39.3. The number of rotatable bonds is 40. The molecule has 1 unspecified atom stereocenters. The minimum atomic E-state index is -4.64. The van der Waals surface area contributed by atoms with Crippen molar-refractivity contribution in [2.45, 2.75) is 193 Å². The van der Waals surface area contributed by atoms with Crippen molar-refractivity contribution in [1.82, 2.24) is 0 Å². The minimum absolute atomic E-state index is 0.0968. The largest absolute Gasteiger partial charge is 0.472 e. The number of unbranched alkanes of at least 4 members (excludes halogenated alkanes) is 16. The maximum absolute atomic E-state index is 12.6. The van der Waals surface area contributed by atoms with Gasteiger partial charge in [0.25, 0.3) is 0 Å². The third kappa shape index (κ3) is 40.1. The van der Waals surface area contributed by atoms with Crippen LogP contribution in [0.1, 0.15) is 174 Å². The van der Waals surface area contributed by atoms with E-state index in [1.54, 1.807) is 0 Å². The average molecular weight is 815 g/mol. The van der Waals surface area contributed by atoms with Gasteiger partial charge >= 0.3 is 19.8 Å². The molecule has 0 saturated heterocycles. The number of carbonyl (C=O) groups excluding carboxylic acids is 2. The van der Waals surface area contributed by atoms with Crippen LogP contribution >= 0.6 is 7.82 Å². The zero-order valence-corrected chi connectivity index (χ0v) is 35.8. The number of hydrogen-bond donors (Lipinski definition) is 4. The van der Waals surface area contributed by atoms with Crippen molar-refractivity contribution < 1.29 is 52.9 Å². The third-order valence-corrected chi connectivity index (χ3v) is 9.96. The van der Waals surface area contributed by atoms with E-state index in [0.717, 1.165) is 57.8 Å². The number of carbonyl (C=O) groups is 2. The predicted octanol–water partition coefficient (Wildman–Crippen LogP) is 10.3. The van der Waals surface area contributed by atoms with E-state index in [-0.39, 0.29) is 25.6 Å². The number of esters is 2. The number of aliphatic hydroxyl groups excluding tert-OH is 3. The SMILES string of the molecule is CCCCCCCCCCCCCCCCCC(=O)OC[C@H](COP(=O)(O)OC[C@@H](O)CO)OC(=O)CCC/C=C\C/C=C\C/C=C\C/C=C\CCC[C@H](C)O. The molecule has 0 spiro atoms. The lowest BCUT2D eigenvalue weighted by atomic mass is 10.0. The van der Waals surface area contributed by atoms with Crippen LogP contribution in [-0.2, 0) is 32.7 Å². The van der Waals surface area contributed by atoms with Crippen molar-refractivity contribution in [2.75, 3.05) is 26.4 Å². The van der Waals surface area contributed by atoms with Gasteiger partial charge in [0.2, 0.25) is 0 Å². The second kappa shape index (κ2) is 39.7. The van der Waals surface area contributed by atoms with Crippen LogP contribution in [0.2, 0.25) is 0 Å². The Hall–Kier alpha value is -2.11. The van der Waals surface area contributed by atoms with Crippen molar-refractivity contribution >= 4 is 19.8 Å². The molecule has 0 heterocycles. The summed E-state index contributed by atoms with van der Waals surface area (Å²) in [7, 11) is -4.64. The summed E-state index contributed by atoms with van der Waals surface area (Å²) in [6, 6.07) is 0. The average Bonchev–Trinajstić information content (AvgIpc) is 3.17. The molecule has 0 aromatic rings. The third-order valence-electron chi connectivity index (χ3n) is 9.00. The van der Waals surface area contributed by atoms with Crippen molar-refractivity contribution in [1.29, 1.82) is 0 Å². The summed E-state index contributed by atoms with van der Waals surface area (Å²) in [6.45, 7) is 1.86. The molecule has 12 heteroatoms. The molecule has 0 radical (unpaired) electrons. The molecule has 0 rings (SSSR count). The maximum Gasteiger partial charge on any atom is 0.472 e. The summed E-state index contributed by atoms with van der Waals surface area (Å²) < 4.78 is 32.6.